The summed E-state index contributed by atoms with van der Waals surface area (Å²) in [6, 6.07) is 5.13. The van der Waals surface area contributed by atoms with Crippen molar-refractivity contribution in [1.82, 2.24) is 5.32 Å². The second-order valence-electron chi connectivity index (χ2n) is 5.40. The maximum absolute atomic E-state index is 13.1. The smallest absolute Gasteiger partial charge is 0.124 e. The quantitative estimate of drug-likeness (QED) is 0.573. The lowest BCUT2D eigenvalue weighted by Crippen LogP contribution is -2.31. The van der Waals surface area contributed by atoms with Gasteiger partial charge in [0.15, 0.2) is 0 Å². The van der Waals surface area contributed by atoms with Gasteiger partial charge in [0.2, 0.25) is 0 Å². The van der Waals surface area contributed by atoms with Crippen molar-refractivity contribution in [3.63, 3.8) is 0 Å². The predicted octanol–water partition coefficient (Wildman–Crippen LogP) is 5.36. The molecule has 0 aliphatic rings. The first-order valence-electron chi connectivity index (χ1n) is 7.84. The minimum absolute atomic E-state index is 0.265. The Morgan fingerprint density at radius 1 is 1.15 bits per heavy atom. The molecule has 20 heavy (non-hydrogen) atoms. The Hall–Kier alpha value is -0.600. The van der Waals surface area contributed by atoms with Gasteiger partial charge in [0.25, 0.3) is 0 Å². The molecule has 1 unspecified atom stereocenters. The van der Waals surface area contributed by atoms with Crippen molar-refractivity contribution in [3.8, 4) is 0 Å². The largest absolute Gasteiger partial charge is 0.314 e. The van der Waals surface area contributed by atoms with E-state index < -0.39 is 0 Å². The van der Waals surface area contributed by atoms with Crippen molar-refractivity contribution in [2.24, 2.45) is 0 Å². The maximum Gasteiger partial charge on any atom is 0.124 e. The van der Waals surface area contributed by atoms with E-state index in [1.165, 1.54) is 44.2 Å². The summed E-state index contributed by atoms with van der Waals surface area (Å²) in [6.07, 6.45) is 8.51. The highest BCUT2D eigenvalue weighted by Gasteiger charge is 2.11. The molecule has 0 aromatic heterocycles. The normalized spacial score (nSPS) is 12.6. The second kappa shape index (κ2) is 10.2. The predicted molar refractivity (Wildman–Crippen MR) is 86.0 cm³/mol. The molecule has 0 heterocycles. The van der Waals surface area contributed by atoms with Crippen LogP contribution >= 0.6 is 11.6 Å². The van der Waals surface area contributed by atoms with E-state index in [1.807, 2.05) is 0 Å². The standard InChI is InChI=1S/C17H27ClFN/c1-3-5-6-7-8-9-16(20-4-2)12-14-10-11-15(19)13-17(14)18/h10-11,13,16,20H,3-9,12H2,1-2H3. The zero-order valence-electron chi connectivity index (χ0n) is 12.7. The van der Waals surface area contributed by atoms with Gasteiger partial charge in [-0.05, 0) is 37.1 Å². The SMILES string of the molecule is CCCCCCCC(Cc1ccc(F)cc1Cl)NCC. The van der Waals surface area contributed by atoms with Crippen LogP contribution in [-0.4, -0.2) is 12.6 Å². The Morgan fingerprint density at radius 2 is 1.90 bits per heavy atom. The Balaban J connectivity index is 2.45. The fourth-order valence-electron chi connectivity index (χ4n) is 2.51. The van der Waals surface area contributed by atoms with Crippen LogP contribution < -0.4 is 5.32 Å². The number of likely N-dealkylation sites (N-methyl/N-ethyl adjacent to an activating group) is 1. The number of hydrogen-bond donors (Lipinski definition) is 1. The van der Waals surface area contributed by atoms with Gasteiger partial charge >= 0.3 is 0 Å². The third kappa shape index (κ3) is 6.71. The van der Waals surface area contributed by atoms with E-state index >= 15 is 0 Å². The summed E-state index contributed by atoms with van der Waals surface area (Å²) in [7, 11) is 0. The highest BCUT2D eigenvalue weighted by molar-refractivity contribution is 6.31. The van der Waals surface area contributed by atoms with Gasteiger partial charge in [0.1, 0.15) is 5.82 Å². The van der Waals surface area contributed by atoms with Gasteiger partial charge in [0, 0.05) is 11.1 Å². The van der Waals surface area contributed by atoms with Crippen molar-refractivity contribution < 1.29 is 4.39 Å². The monoisotopic (exact) mass is 299 g/mol. The molecule has 0 saturated heterocycles. The summed E-state index contributed by atoms with van der Waals surface area (Å²) in [5, 5.41) is 4.05. The zero-order chi connectivity index (χ0) is 14.8. The highest BCUT2D eigenvalue weighted by atomic mass is 35.5. The zero-order valence-corrected chi connectivity index (χ0v) is 13.5. The van der Waals surface area contributed by atoms with Crippen LogP contribution in [0.3, 0.4) is 0 Å². The van der Waals surface area contributed by atoms with Crippen molar-refractivity contribution in [1.29, 1.82) is 0 Å². The Labute approximate surface area is 127 Å². The van der Waals surface area contributed by atoms with Crippen molar-refractivity contribution in [2.75, 3.05) is 6.54 Å². The van der Waals surface area contributed by atoms with Crippen LogP contribution in [0.1, 0.15) is 57.9 Å². The lowest BCUT2D eigenvalue weighted by molar-refractivity contribution is 0.461. The molecular formula is C17H27ClFN. The van der Waals surface area contributed by atoms with Crippen molar-refractivity contribution in [3.05, 3.63) is 34.6 Å². The molecule has 0 aliphatic heterocycles. The number of benzene rings is 1. The number of unbranched alkanes of at least 4 members (excludes halogenated alkanes) is 4. The molecule has 3 heteroatoms. The van der Waals surface area contributed by atoms with Gasteiger partial charge in [-0.15, -0.1) is 0 Å². The van der Waals surface area contributed by atoms with Crippen LogP contribution in [0.15, 0.2) is 18.2 Å². The van der Waals surface area contributed by atoms with Gasteiger partial charge in [-0.3, -0.25) is 0 Å². The van der Waals surface area contributed by atoms with Crippen molar-refractivity contribution in [2.45, 2.75) is 64.8 Å². The number of rotatable bonds is 10. The summed E-state index contributed by atoms with van der Waals surface area (Å²) >= 11 is 6.11. The van der Waals surface area contributed by atoms with Crippen LogP contribution in [0.5, 0.6) is 0 Å². The van der Waals surface area contributed by atoms with Crippen LogP contribution in [0.4, 0.5) is 4.39 Å². The Kier molecular flexibility index (Phi) is 8.88. The third-order valence-electron chi connectivity index (χ3n) is 3.63. The molecule has 0 amide bonds. The van der Waals surface area contributed by atoms with Gasteiger partial charge in [-0.1, -0.05) is 63.6 Å². The first kappa shape index (κ1) is 17.5. The van der Waals surface area contributed by atoms with E-state index in [0.29, 0.717) is 11.1 Å². The molecular weight excluding hydrogens is 273 g/mol. The van der Waals surface area contributed by atoms with Gasteiger partial charge < -0.3 is 5.32 Å². The third-order valence-corrected chi connectivity index (χ3v) is 3.98. The van der Waals surface area contributed by atoms with E-state index in [9.17, 15) is 4.39 Å². The van der Waals surface area contributed by atoms with E-state index in [2.05, 4.69) is 19.2 Å². The number of nitrogens with one attached hydrogen (secondary N) is 1. The van der Waals surface area contributed by atoms with Gasteiger partial charge in [0.05, 0.1) is 0 Å². The highest BCUT2D eigenvalue weighted by Crippen LogP contribution is 2.20. The lowest BCUT2D eigenvalue weighted by Gasteiger charge is -2.18. The molecule has 0 fully saturated rings. The lowest BCUT2D eigenvalue weighted by atomic mass is 9.99. The van der Waals surface area contributed by atoms with E-state index in [1.54, 1.807) is 6.07 Å². The average molecular weight is 300 g/mol. The summed E-state index contributed by atoms with van der Waals surface area (Å²) in [4.78, 5) is 0. The molecule has 1 atom stereocenters. The Morgan fingerprint density at radius 3 is 2.55 bits per heavy atom. The molecule has 0 spiro atoms. The minimum atomic E-state index is -0.265. The maximum atomic E-state index is 13.1. The second-order valence-corrected chi connectivity index (χ2v) is 5.80. The van der Waals surface area contributed by atoms with Crippen LogP contribution in [-0.2, 0) is 6.42 Å². The molecule has 1 N–H and O–H groups in total. The molecule has 114 valence electrons. The first-order valence-corrected chi connectivity index (χ1v) is 8.22. The molecule has 0 saturated carbocycles. The summed E-state index contributed by atoms with van der Waals surface area (Å²) in [5.74, 6) is -0.265. The number of halogens is 2. The van der Waals surface area contributed by atoms with E-state index in [4.69, 9.17) is 11.6 Å². The fraction of sp³-hybridized carbons (Fsp3) is 0.647. The molecule has 1 aromatic rings. The molecule has 0 aliphatic carbocycles. The molecule has 1 aromatic carbocycles. The van der Waals surface area contributed by atoms with Crippen LogP contribution in [0, 0.1) is 5.82 Å². The van der Waals surface area contributed by atoms with Crippen LogP contribution in [0.2, 0.25) is 5.02 Å². The molecule has 0 radical (unpaired) electrons. The molecule has 1 nitrogen and oxygen atoms in total. The minimum Gasteiger partial charge on any atom is -0.314 e. The fourth-order valence-corrected chi connectivity index (χ4v) is 2.76. The average Bonchev–Trinajstić information content (AvgIpc) is 2.41. The van der Waals surface area contributed by atoms with Gasteiger partial charge in [-0.25, -0.2) is 4.39 Å². The van der Waals surface area contributed by atoms with E-state index in [0.717, 1.165) is 24.9 Å². The Bertz CT molecular complexity index is 381. The van der Waals surface area contributed by atoms with Crippen molar-refractivity contribution >= 4 is 11.6 Å². The van der Waals surface area contributed by atoms with E-state index in [-0.39, 0.29) is 5.82 Å². The molecule has 1 rings (SSSR count). The summed E-state index contributed by atoms with van der Waals surface area (Å²) < 4.78 is 13.1. The number of hydrogen-bond acceptors (Lipinski definition) is 1. The summed E-state index contributed by atoms with van der Waals surface area (Å²) in [5.41, 5.74) is 1.03. The van der Waals surface area contributed by atoms with Crippen LogP contribution in [0.25, 0.3) is 0 Å². The summed E-state index contributed by atoms with van der Waals surface area (Å²) in [6.45, 7) is 5.31. The molecule has 0 bridgehead atoms. The first-order chi connectivity index (χ1) is 9.67. The van der Waals surface area contributed by atoms with Gasteiger partial charge in [-0.2, -0.15) is 0 Å². The topological polar surface area (TPSA) is 12.0 Å².